The van der Waals surface area contributed by atoms with Gasteiger partial charge in [-0.2, -0.15) is 13.2 Å². The Bertz CT molecular complexity index is 1100. The SMILES string of the molecule is O=C(Cn1cnc2ccc(Br)cc2c1=O)Nc1ccc(Cl)c(C(F)(F)F)c1. The number of amides is 1. The van der Waals surface area contributed by atoms with Gasteiger partial charge in [0.2, 0.25) is 5.91 Å². The fraction of sp³-hybridized carbons (Fsp3) is 0.118. The number of benzene rings is 2. The van der Waals surface area contributed by atoms with Gasteiger partial charge in [-0.05, 0) is 36.4 Å². The minimum atomic E-state index is -4.65. The number of hydrogen-bond donors (Lipinski definition) is 1. The van der Waals surface area contributed by atoms with Crippen LogP contribution in [0, 0.1) is 0 Å². The average Bonchev–Trinajstić information content (AvgIpc) is 2.58. The van der Waals surface area contributed by atoms with Crippen LogP contribution in [0.25, 0.3) is 10.9 Å². The van der Waals surface area contributed by atoms with E-state index in [2.05, 4.69) is 26.2 Å². The molecule has 1 heterocycles. The van der Waals surface area contributed by atoms with Crippen LogP contribution in [0.1, 0.15) is 5.56 Å². The maximum absolute atomic E-state index is 12.9. The Hall–Kier alpha value is -2.39. The highest BCUT2D eigenvalue weighted by Crippen LogP contribution is 2.36. The second-order valence-electron chi connectivity index (χ2n) is 5.58. The van der Waals surface area contributed by atoms with Crippen LogP contribution in [0.3, 0.4) is 0 Å². The summed E-state index contributed by atoms with van der Waals surface area (Å²) in [5, 5.41) is 2.16. The van der Waals surface area contributed by atoms with Gasteiger partial charge < -0.3 is 5.32 Å². The zero-order valence-electron chi connectivity index (χ0n) is 13.3. The lowest BCUT2D eigenvalue weighted by Gasteiger charge is -2.12. The molecule has 0 bridgehead atoms. The van der Waals surface area contributed by atoms with Crippen molar-refractivity contribution in [2.24, 2.45) is 0 Å². The molecular weight excluding hydrogens is 451 g/mol. The first-order chi connectivity index (χ1) is 12.6. The van der Waals surface area contributed by atoms with Gasteiger partial charge in [0.1, 0.15) is 6.54 Å². The van der Waals surface area contributed by atoms with Crippen LogP contribution >= 0.6 is 27.5 Å². The van der Waals surface area contributed by atoms with Gasteiger partial charge in [0.15, 0.2) is 0 Å². The van der Waals surface area contributed by atoms with Crippen LogP contribution < -0.4 is 10.9 Å². The number of fused-ring (bicyclic) bond motifs is 1. The van der Waals surface area contributed by atoms with Crippen molar-refractivity contribution in [1.29, 1.82) is 0 Å². The molecule has 3 aromatic rings. The standard InChI is InChI=1S/C17H10BrClF3N3O2/c18-9-1-4-14-11(5-9)16(27)25(8-23-14)7-15(26)24-10-2-3-13(19)12(6-10)17(20,21)22/h1-6,8H,7H2,(H,24,26). The first-order valence-corrected chi connectivity index (χ1v) is 8.63. The average molecular weight is 461 g/mol. The lowest BCUT2D eigenvalue weighted by molar-refractivity contribution is -0.137. The molecule has 1 aromatic heterocycles. The molecular formula is C17H10BrClF3N3O2. The zero-order chi connectivity index (χ0) is 19.8. The highest BCUT2D eigenvalue weighted by Gasteiger charge is 2.33. The van der Waals surface area contributed by atoms with E-state index in [9.17, 15) is 22.8 Å². The lowest BCUT2D eigenvalue weighted by Crippen LogP contribution is -2.28. The predicted molar refractivity (Wildman–Crippen MR) is 98.8 cm³/mol. The summed E-state index contributed by atoms with van der Waals surface area (Å²) in [6, 6.07) is 7.98. The van der Waals surface area contributed by atoms with E-state index in [0.717, 1.165) is 16.7 Å². The Morgan fingerprint density at radius 3 is 2.67 bits per heavy atom. The molecule has 0 saturated carbocycles. The molecule has 10 heteroatoms. The second-order valence-corrected chi connectivity index (χ2v) is 6.90. The van der Waals surface area contributed by atoms with Gasteiger partial charge in [-0.3, -0.25) is 14.2 Å². The van der Waals surface area contributed by atoms with Crippen molar-refractivity contribution in [2.45, 2.75) is 12.7 Å². The molecule has 0 saturated heterocycles. The van der Waals surface area contributed by atoms with Crippen molar-refractivity contribution in [2.75, 3.05) is 5.32 Å². The van der Waals surface area contributed by atoms with Gasteiger partial charge in [0, 0.05) is 10.2 Å². The highest BCUT2D eigenvalue weighted by atomic mass is 79.9. The number of alkyl halides is 3. The summed E-state index contributed by atoms with van der Waals surface area (Å²) in [6.07, 6.45) is -3.44. The number of nitrogens with zero attached hydrogens (tertiary/aromatic N) is 2. The van der Waals surface area contributed by atoms with Gasteiger partial charge in [0.05, 0.1) is 27.8 Å². The fourth-order valence-corrected chi connectivity index (χ4v) is 3.01. The Morgan fingerprint density at radius 2 is 1.96 bits per heavy atom. The number of nitrogens with one attached hydrogen (secondary N) is 1. The number of anilines is 1. The van der Waals surface area contributed by atoms with E-state index in [1.165, 1.54) is 12.4 Å². The molecule has 0 fully saturated rings. The van der Waals surface area contributed by atoms with Crippen molar-refractivity contribution in [3.8, 4) is 0 Å². The summed E-state index contributed by atoms with van der Waals surface area (Å²) in [5.41, 5.74) is -1.12. The summed E-state index contributed by atoms with van der Waals surface area (Å²) in [6.45, 7) is -0.404. The first-order valence-electron chi connectivity index (χ1n) is 7.46. The van der Waals surface area contributed by atoms with E-state index in [1.807, 2.05) is 0 Å². The predicted octanol–water partition coefficient (Wildman–Crippen LogP) is 4.47. The molecule has 0 aliphatic rings. The Morgan fingerprint density at radius 1 is 1.22 bits per heavy atom. The molecule has 1 N–H and O–H groups in total. The van der Waals surface area contributed by atoms with Crippen LogP contribution in [0.4, 0.5) is 18.9 Å². The highest BCUT2D eigenvalue weighted by molar-refractivity contribution is 9.10. The molecule has 0 atom stereocenters. The number of hydrogen-bond acceptors (Lipinski definition) is 3. The number of carbonyl (C=O) groups excluding carboxylic acids is 1. The quantitative estimate of drug-likeness (QED) is 0.627. The van der Waals surface area contributed by atoms with Crippen molar-refractivity contribution in [3.05, 3.63) is 68.1 Å². The largest absolute Gasteiger partial charge is 0.417 e. The zero-order valence-corrected chi connectivity index (χ0v) is 15.7. The van der Waals surface area contributed by atoms with Crippen LogP contribution in [-0.2, 0) is 17.5 Å². The van der Waals surface area contributed by atoms with Crippen LogP contribution in [-0.4, -0.2) is 15.5 Å². The maximum atomic E-state index is 12.9. The molecule has 0 aliphatic carbocycles. The topological polar surface area (TPSA) is 64.0 Å². The van der Waals surface area contributed by atoms with Gasteiger partial charge >= 0.3 is 6.18 Å². The Balaban J connectivity index is 1.84. The second kappa shape index (κ2) is 7.32. The monoisotopic (exact) mass is 459 g/mol. The van der Waals surface area contributed by atoms with E-state index in [1.54, 1.807) is 18.2 Å². The van der Waals surface area contributed by atoms with Crippen LogP contribution in [0.5, 0.6) is 0 Å². The van der Waals surface area contributed by atoms with E-state index >= 15 is 0 Å². The molecule has 0 spiro atoms. The lowest BCUT2D eigenvalue weighted by atomic mass is 10.2. The van der Waals surface area contributed by atoms with E-state index in [4.69, 9.17) is 11.6 Å². The van der Waals surface area contributed by atoms with E-state index in [0.29, 0.717) is 15.4 Å². The number of aromatic nitrogens is 2. The van der Waals surface area contributed by atoms with Crippen LogP contribution in [0.15, 0.2) is 52.0 Å². The third kappa shape index (κ3) is 4.30. The third-order valence-corrected chi connectivity index (χ3v) is 4.48. The molecule has 140 valence electrons. The summed E-state index contributed by atoms with van der Waals surface area (Å²) < 4.78 is 40.4. The smallest absolute Gasteiger partial charge is 0.325 e. The van der Waals surface area contributed by atoms with E-state index < -0.39 is 34.8 Å². The summed E-state index contributed by atoms with van der Waals surface area (Å²) in [5.74, 6) is -0.677. The minimum absolute atomic E-state index is 0.0822. The van der Waals surface area contributed by atoms with Crippen molar-refractivity contribution >= 4 is 50.0 Å². The maximum Gasteiger partial charge on any atom is 0.417 e. The van der Waals surface area contributed by atoms with Crippen molar-refractivity contribution in [1.82, 2.24) is 9.55 Å². The Kier molecular flexibility index (Phi) is 5.25. The minimum Gasteiger partial charge on any atom is -0.325 e. The molecule has 27 heavy (non-hydrogen) atoms. The molecule has 3 rings (SSSR count). The van der Waals surface area contributed by atoms with Crippen molar-refractivity contribution in [3.63, 3.8) is 0 Å². The molecule has 5 nitrogen and oxygen atoms in total. The van der Waals surface area contributed by atoms with Crippen molar-refractivity contribution < 1.29 is 18.0 Å². The molecule has 2 aromatic carbocycles. The van der Waals surface area contributed by atoms with Gasteiger partial charge in [-0.25, -0.2) is 4.98 Å². The van der Waals surface area contributed by atoms with E-state index in [-0.39, 0.29) is 5.69 Å². The van der Waals surface area contributed by atoms with Crippen LogP contribution in [0.2, 0.25) is 5.02 Å². The number of carbonyl (C=O) groups is 1. The molecule has 0 aliphatic heterocycles. The van der Waals surface area contributed by atoms with Gasteiger partial charge in [-0.1, -0.05) is 27.5 Å². The number of rotatable bonds is 3. The normalized spacial score (nSPS) is 11.6. The van der Waals surface area contributed by atoms with Gasteiger partial charge in [-0.15, -0.1) is 0 Å². The molecule has 0 radical (unpaired) electrons. The van der Waals surface area contributed by atoms with Gasteiger partial charge in [0.25, 0.3) is 5.56 Å². The first kappa shape index (κ1) is 19.4. The summed E-state index contributed by atoms with van der Waals surface area (Å²) >= 11 is 8.80. The third-order valence-electron chi connectivity index (χ3n) is 3.66. The molecule has 0 unspecified atom stereocenters. The Labute approximate surface area is 163 Å². The fourth-order valence-electron chi connectivity index (χ4n) is 2.42. The number of halogens is 5. The molecule has 1 amide bonds. The summed E-state index contributed by atoms with van der Waals surface area (Å²) in [4.78, 5) is 28.7. The summed E-state index contributed by atoms with van der Waals surface area (Å²) in [7, 11) is 0.